The van der Waals surface area contributed by atoms with E-state index >= 15 is 0 Å². The van der Waals surface area contributed by atoms with Crippen molar-refractivity contribution in [3.05, 3.63) is 12.2 Å². The fraction of sp³-hybridized carbons (Fsp3) is 0.918. The molecular weight excluding hydrogens is 748 g/mol. The van der Waals surface area contributed by atoms with Crippen molar-refractivity contribution < 1.29 is 37.6 Å². The highest BCUT2D eigenvalue weighted by molar-refractivity contribution is 7.47. The van der Waals surface area contributed by atoms with Gasteiger partial charge in [0.1, 0.15) is 6.61 Å². The number of ether oxygens (including phenoxy) is 2. The van der Waals surface area contributed by atoms with Crippen molar-refractivity contribution in [1.82, 2.24) is 0 Å². The number of allylic oxidation sites excluding steroid dienone is 2. The fourth-order valence-corrected chi connectivity index (χ4v) is 7.88. The molecule has 0 aromatic rings. The van der Waals surface area contributed by atoms with Crippen molar-refractivity contribution in [1.29, 1.82) is 0 Å². The standard InChI is InChI=1S/C49H95O8P/c1-4-6-8-10-12-14-16-18-20-22-24-25-26-28-30-32-34-36-38-40-42-44-49(51)57-47(46-56-58(52,53)54-3)45-55-48(50)43-41-39-37-35-33-31-29-27-23-21-19-17-15-13-11-9-7-5-2/h22,24,47H,4-21,23,25-46H2,1-3H3,(H,52,53)/b24-22-. The number of esters is 2. The van der Waals surface area contributed by atoms with Crippen LogP contribution < -0.4 is 0 Å². The highest BCUT2D eigenvalue weighted by Gasteiger charge is 2.24. The smallest absolute Gasteiger partial charge is 0.462 e. The first-order valence-electron chi connectivity index (χ1n) is 24.9. The average molecular weight is 843 g/mol. The fourth-order valence-electron chi connectivity index (χ4n) is 7.42. The van der Waals surface area contributed by atoms with E-state index in [1.165, 1.54) is 199 Å². The molecule has 58 heavy (non-hydrogen) atoms. The lowest BCUT2D eigenvalue weighted by atomic mass is 10.0. The van der Waals surface area contributed by atoms with Crippen LogP contribution in [0.25, 0.3) is 0 Å². The first-order chi connectivity index (χ1) is 28.3. The molecule has 0 bridgehead atoms. The summed E-state index contributed by atoms with van der Waals surface area (Å²) in [7, 11) is -3.19. The molecule has 0 saturated carbocycles. The van der Waals surface area contributed by atoms with Gasteiger partial charge in [0.2, 0.25) is 0 Å². The minimum absolute atomic E-state index is 0.219. The van der Waals surface area contributed by atoms with Crippen LogP contribution in [0.5, 0.6) is 0 Å². The molecule has 9 heteroatoms. The second kappa shape index (κ2) is 45.3. The maximum absolute atomic E-state index is 12.6. The monoisotopic (exact) mass is 843 g/mol. The minimum atomic E-state index is -4.26. The third-order valence-electron chi connectivity index (χ3n) is 11.3. The first-order valence-corrected chi connectivity index (χ1v) is 26.4. The van der Waals surface area contributed by atoms with Crippen LogP contribution >= 0.6 is 7.82 Å². The van der Waals surface area contributed by atoms with E-state index in [2.05, 4.69) is 30.5 Å². The Morgan fingerprint density at radius 1 is 0.466 bits per heavy atom. The van der Waals surface area contributed by atoms with Crippen LogP contribution in [0.3, 0.4) is 0 Å². The number of carbonyl (C=O) groups is 2. The molecule has 0 aliphatic rings. The predicted molar refractivity (Wildman–Crippen MR) is 244 cm³/mol. The van der Waals surface area contributed by atoms with Gasteiger partial charge >= 0.3 is 19.8 Å². The normalized spacial score (nSPS) is 13.2. The van der Waals surface area contributed by atoms with Crippen LogP contribution in [0.1, 0.15) is 264 Å². The Hall–Kier alpha value is -1.21. The van der Waals surface area contributed by atoms with Gasteiger partial charge in [0.15, 0.2) is 6.10 Å². The van der Waals surface area contributed by atoms with E-state index in [9.17, 15) is 19.0 Å². The van der Waals surface area contributed by atoms with E-state index in [1.54, 1.807) is 0 Å². The molecule has 1 N–H and O–H groups in total. The third kappa shape index (κ3) is 44.3. The van der Waals surface area contributed by atoms with Gasteiger partial charge in [0, 0.05) is 20.0 Å². The van der Waals surface area contributed by atoms with E-state index in [-0.39, 0.29) is 19.0 Å². The zero-order valence-corrected chi connectivity index (χ0v) is 39.4. The molecule has 2 atom stereocenters. The first kappa shape index (κ1) is 56.8. The van der Waals surface area contributed by atoms with Crippen LogP contribution in [-0.2, 0) is 32.7 Å². The van der Waals surface area contributed by atoms with Crippen LogP contribution in [0, 0.1) is 0 Å². The van der Waals surface area contributed by atoms with Crippen molar-refractivity contribution in [2.24, 2.45) is 0 Å². The van der Waals surface area contributed by atoms with Gasteiger partial charge in [-0.15, -0.1) is 0 Å². The molecule has 0 spiro atoms. The number of carbonyl (C=O) groups excluding carboxylic acids is 2. The SMILES string of the molecule is CCCCCCCCCC/C=C\CCCCCCCCCCCC(=O)OC(COC(=O)CCCCCCCCCCCCCCCCCCCC)COP(=O)(O)OC. The molecule has 8 nitrogen and oxygen atoms in total. The molecule has 0 fully saturated rings. The van der Waals surface area contributed by atoms with Crippen molar-refractivity contribution in [3.8, 4) is 0 Å². The molecule has 0 amide bonds. The summed E-state index contributed by atoms with van der Waals surface area (Å²) in [4.78, 5) is 34.6. The van der Waals surface area contributed by atoms with E-state index in [1.807, 2.05) is 0 Å². The highest BCUT2D eigenvalue weighted by Crippen LogP contribution is 2.42. The number of hydrogen-bond acceptors (Lipinski definition) is 7. The zero-order valence-electron chi connectivity index (χ0n) is 38.5. The topological polar surface area (TPSA) is 108 Å². The number of phosphoric ester groups is 1. The van der Waals surface area contributed by atoms with Crippen LogP contribution in [-0.4, -0.2) is 43.3 Å². The second-order valence-electron chi connectivity index (χ2n) is 17.0. The maximum Gasteiger partial charge on any atom is 0.472 e. The lowest BCUT2D eigenvalue weighted by Gasteiger charge is -2.19. The summed E-state index contributed by atoms with van der Waals surface area (Å²) in [5.41, 5.74) is 0. The second-order valence-corrected chi connectivity index (χ2v) is 18.5. The third-order valence-corrected chi connectivity index (χ3v) is 12.2. The number of rotatable bonds is 47. The summed E-state index contributed by atoms with van der Waals surface area (Å²) in [6, 6.07) is 0. The molecule has 0 saturated heterocycles. The minimum Gasteiger partial charge on any atom is -0.462 e. The van der Waals surface area contributed by atoms with Crippen molar-refractivity contribution in [3.63, 3.8) is 0 Å². The Balaban J connectivity index is 3.88. The molecule has 2 unspecified atom stereocenters. The van der Waals surface area contributed by atoms with Gasteiger partial charge in [-0.05, 0) is 38.5 Å². The predicted octanol–water partition coefficient (Wildman–Crippen LogP) is 16.0. The molecule has 344 valence electrons. The summed E-state index contributed by atoms with van der Waals surface area (Å²) in [6.45, 7) is 3.93. The summed E-state index contributed by atoms with van der Waals surface area (Å²) < 4.78 is 32.1. The highest BCUT2D eigenvalue weighted by atomic mass is 31.2. The molecule has 0 radical (unpaired) electrons. The molecule has 0 rings (SSSR count). The van der Waals surface area contributed by atoms with E-state index in [4.69, 9.17) is 14.0 Å². The average Bonchev–Trinajstić information content (AvgIpc) is 3.21. The molecule has 0 heterocycles. The van der Waals surface area contributed by atoms with Crippen molar-refractivity contribution in [2.75, 3.05) is 20.3 Å². The van der Waals surface area contributed by atoms with Gasteiger partial charge in [-0.25, -0.2) is 4.57 Å². The Morgan fingerprint density at radius 3 is 1.12 bits per heavy atom. The van der Waals surface area contributed by atoms with Gasteiger partial charge in [0.25, 0.3) is 0 Å². The Bertz CT molecular complexity index is 957. The van der Waals surface area contributed by atoms with Gasteiger partial charge in [-0.3, -0.25) is 18.6 Å². The summed E-state index contributed by atoms with van der Waals surface area (Å²) in [5.74, 6) is -0.789. The summed E-state index contributed by atoms with van der Waals surface area (Å²) >= 11 is 0. The van der Waals surface area contributed by atoms with Crippen LogP contribution in [0.2, 0.25) is 0 Å². The van der Waals surface area contributed by atoms with E-state index in [0.29, 0.717) is 12.8 Å². The molecular formula is C49H95O8P. The molecule has 0 aromatic heterocycles. The van der Waals surface area contributed by atoms with Gasteiger partial charge < -0.3 is 14.4 Å². The number of phosphoric acid groups is 1. The largest absolute Gasteiger partial charge is 0.472 e. The van der Waals surface area contributed by atoms with Crippen LogP contribution in [0.15, 0.2) is 12.2 Å². The lowest BCUT2D eigenvalue weighted by Crippen LogP contribution is -2.29. The summed E-state index contributed by atoms with van der Waals surface area (Å²) in [6.07, 6.45) is 51.3. The number of unbranched alkanes of at least 4 members (excludes halogenated alkanes) is 34. The zero-order chi connectivity index (χ0) is 42.5. The summed E-state index contributed by atoms with van der Waals surface area (Å²) in [5, 5.41) is 0. The van der Waals surface area contributed by atoms with Gasteiger partial charge in [-0.2, -0.15) is 0 Å². The van der Waals surface area contributed by atoms with Crippen LogP contribution in [0.4, 0.5) is 0 Å². The maximum atomic E-state index is 12.6. The molecule has 0 aromatic carbocycles. The van der Waals surface area contributed by atoms with Crippen molar-refractivity contribution in [2.45, 2.75) is 270 Å². The van der Waals surface area contributed by atoms with Gasteiger partial charge in [-0.1, -0.05) is 225 Å². The van der Waals surface area contributed by atoms with E-state index < -0.39 is 26.5 Å². The van der Waals surface area contributed by atoms with E-state index in [0.717, 1.165) is 39.2 Å². The quantitative estimate of drug-likeness (QED) is 0.0279. The Kier molecular flexibility index (Phi) is 44.4. The Morgan fingerprint density at radius 2 is 0.776 bits per heavy atom. The number of hydrogen-bond donors (Lipinski definition) is 1. The van der Waals surface area contributed by atoms with Crippen molar-refractivity contribution >= 4 is 19.8 Å². The molecule has 0 aliphatic carbocycles. The Labute approximate surface area is 359 Å². The lowest BCUT2D eigenvalue weighted by molar-refractivity contribution is -0.161. The molecule has 0 aliphatic heterocycles. The van der Waals surface area contributed by atoms with Gasteiger partial charge in [0.05, 0.1) is 6.61 Å².